The number of esters is 1. The van der Waals surface area contributed by atoms with Gasteiger partial charge in [-0.15, -0.1) is 13.2 Å². The first kappa shape index (κ1) is 33.9. The largest absolute Gasteiger partial charge is 0.460 e. The van der Waals surface area contributed by atoms with Gasteiger partial charge in [0.15, 0.2) is 0 Å². The van der Waals surface area contributed by atoms with Crippen LogP contribution in [-0.2, 0) is 35.1 Å². The first-order chi connectivity index (χ1) is 22.2. The molecule has 0 unspecified atom stereocenters. The van der Waals surface area contributed by atoms with Crippen LogP contribution in [-0.4, -0.2) is 94.2 Å². The molecule has 1 aromatic rings. The number of fused-ring (bicyclic) bond motifs is 1. The quantitative estimate of drug-likeness (QED) is 0.224. The van der Waals surface area contributed by atoms with E-state index in [1.807, 2.05) is 35.2 Å². The second-order valence-corrected chi connectivity index (χ2v) is 13.3. The second-order valence-electron chi connectivity index (χ2n) is 13.3. The number of rotatable bonds is 15. The van der Waals surface area contributed by atoms with Gasteiger partial charge in [0, 0.05) is 19.0 Å². The lowest BCUT2D eigenvalue weighted by molar-refractivity contribution is -0.160. The lowest BCUT2D eigenvalue weighted by atomic mass is 9.70. The van der Waals surface area contributed by atoms with Crippen LogP contribution in [0.25, 0.3) is 0 Å². The summed E-state index contributed by atoms with van der Waals surface area (Å²) in [5.41, 5.74) is -0.279. The second kappa shape index (κ2) is 14.9. The van der Waals surface area contributed by atoms with E-state index in [0.29, 0.717) is 38.6 Å². The molecule has 1 aromatic carbocycles. The Morgan fingerprint density at radius 3 is 2.57 bits per heavy atom. The predicted octanol–water partition coefficient (Wildman–Crippen LogP) is 3.33. The molecule has 5 rings (SSSR count). The summed E-state index contributed by atoms with van der Waals surface area (Å²) < 4.78 is 12.4. The fraction of sp³-hybridized carbons (Fsp3) is 0.611. The Balaban J connectivity index is 1.45. The first-order valence-corrected chi connectivity index (χ1v) is 16.9. The first-order valence-electron chi connectivity index (χ1n) is 16.9. The van der Waals surface area contributed by atoms with Gasteiger partial charge in [0.1, 0.15) is 17.7 Å². The zero-order valence-corrected chi connectivity index (χ0v) is 27.0. The Kier molecular flexibility index (Phi) is 11.0. The summed E-state index contributed by atoms with van der Waals surface area (Å²) in [6.07, 6.45) is 9.31. The van der Waals surface area contributed by atoms with E-state index in [9.17, 15) is 24.3 Å². The summed E-state index contributed by atoms with van der Waals surface area (Å²) in [6.45, 7) is 9.38. The number of aliphatic hydroxyl groups excluding tert-OH is 1. The van der Waals surface area contributed by atoms with E-state index in [0.717, 1.165) is 37.7 Å². The molecule has 3 aliphatic heterocycles. The molecule has 46 heavy (non-hydrogen) atoms. The average molecular weight is 636 g/mol. The topological polar surface area (TPSA) is 125 Å². The van der Waals surface area contributed by atoms with Gasteiger partial charge in [0.2, 0.25) is 17.7 Å². The fourth-order valence-electron chi connectivity index (χ4n) is 8.17. The normalized spacial score (nSPS) is 28.3. The Morgan fingerprint density at radius 1 is 1.15 bits per heavy atom. The number of nitrogens with one attached hydrogen (secondary N) is 1. The van der Waals surface area contributed by atoms with Gasteiger partial charge >= 0.3 is 5.97 Å². The van der Waals surface area contributed by atoms with Gasteiger partial charge in [-0.05, 0) is 51.0 Å². The molecule has 4 fully saturated rings. The Bertz CT molecular complexity index is 1280. The summed E-state index contributed by atoms with van der Waals surface area (Å²) in [5.74, 6) is -3.10. The molecule has 1 aliphatic carbocycles. The molecule has 3 saturated heterocycles. The summed E-state index contributed by atoms with van der Waals surface area (Å²) in [5, 5.41) is 13.5. The molecule has 1 saturated carbocycles. The lowest BCUT2D eigenvalue weighted by Gasteiger charge is -2.42. The fourth-order valence-corrected chi connectivity index (χ4v) is 8.17. The third-order valence-corrected chi connectivity index (χ3v) is 10.3. The SMILES string of the molecule is C=CCCC(=O)NC[C@H](C)OC(=O)[C@@H]1[C@H]2C(=O)N([C@@H](CO)Cc3ccccc3)[C@H](C(=O)N(CC=C)C3CCCCC3)[C@]23CC[C@H]1O3. The molecule has 3 amide bonds. The highest BCUT2D eigenvalue weighted by Crippen LogP contribution is 2.59. The van der Waals surface area contributed by atoms with Gasteiger partial charge in [-0.3, -0.25) is 19.2 Å². The van der Waals surface area contributed by atoms with Crippen LogP contribution >= 0.6 is 0 Å². The van der Waals surface area contributed by atoms with Gasteiger partial charge in [-0.1, -0.05) is 61.7 Å². The summed E-state index contributed by atoms with van der Waals surface area (Å²) in [4.78, 5) is 58.7. The number of benzene rings is 1. The van der Waals surface area contributed by atoms with Crippen molar-refractivity contribution in [2.24, 2.45) is 11.8 Å². The molecule has 250 valence electrons. The molecule has 3 heterocycles. The summed E-state index contributed by atoms with van der Waals surface area (Å²) in [6, 6.07) is 7.93. The van der Waals surface area contributed by atoms with Gasteiger partial charge in [-0.25, -0.2) is 0 Å². The van der Waals surface area contributed by atoms with Crippen LogP contribution in [0.3, 0.4) is 0 Å². The highest BCUT2D eigenvalue weighted by atomic mass is 16.6. The highest BCUT2D eigenvalue weighted by Gasteiger charge is 2.75. The molecule has 4 aliphatic rings. The highest BCUT2D eigenvalue weighted by molar-refractivity contribution is 5.98. The van der Waals surface area contributed by atoms with Crippen LogP contribution in [0.1, 0.15) is 70.3 Å². The molecule has 10 nitrogen and oxygen atoms in total. The van der Waals surface area contributed by atoms with Crippen molar-refractivity contribution in [3.05, 3.63) is 61.2 Å². The van der Waals surface area contributed by atoms with Crippen molar-refractivity contribution < 1.29 is 33.8 Å². The Labute approximate surface area is 272 Å². The number of hydrogen-bond acceptors (Lipinski definition) is 7. The van der Waals surface area contributed by atoms with Crippen molar-refractivity contribution in [1.29, 1.82) is 0 Å². The van der Waals surface area contributed by atoms with E-state index in [2.05, 4.69) is 18.5 Å². The van der Waals surface area contributed by atoms with E-state index in [1.165, 1.54) is 0 Å². The predicted molar refractivity (Wildman–Crippen MR) is 172 cm³/mol. The number of amides is 3. The molecule has 2 N–H and O–H groups in total. The number of likely N-dealkylation sites (tertiary alicyclic amines) is 1. The average Bonchev–Trinajstić information content (AvgIpc) is 3.72. The summed E-state index contributed by atoms with van der Waals surface area (Å²) >= 11 is 0. The smallest absolute Gasteiger partial charge is 0.312 e. The van der Waals surface area contributed by atoms with Crippen LogP contribution in [0.15, 0.2) is 55.6 Å². The molecule has 10 heteroatoms. The van der Waals surface area contributed by atoms with Gasteiger partial charge in [0.25, 0.3) is 0 Å². The number of allylic oxidation sites excluding steroid dienone is 1. The number of ether oxygens (including phenoxy) is 2. The molecule has 1 spiro atoms. The minimum atomic E-state index is -1.21. The van der Waals surface area contributed by atoms with Gasteiger partial charge in [0.05, 0.1) is 37.1 Å². The Morgan fingerprint density at radius 2 is 1.89 bits per heavy atom. The van der Waals surface area contributed by atoms with Gasteiger partial charge in [-0.2, -0.15) is 0 Å². The van der Waals surface area contributed by atoms with Crippen molar-refractivity contribution in [3.8, 4) is 0 Å². The minimum absolute atomic E-state index is 0.0234. The molecular formula is C36H49N3O7. The molecule has 7 atom stereocenters. The van der Waals surface area contributed by atoms with Gasteiger partial charge < -0.3 is 29.7 Å². The van der Waals surface area contributed by atoms with E-state index >= 15 is 0 Å². The Hall–Kier alpha value is -3.50. The molecule has 2 bridgehead atoms. The van der Waals surface area contributed by atoms with E-state index < -0.39 is 47.7 Å². The van der Waals surface area contributed by atoms with Crippen molar-refractivity contribution in [2.45, 2.75) is 107 Å². The molecule has 0 radical (unpaired) electrons. The number of aliphatic hydroxyl groups is 1. The maximum absolute atomic E-state index is 14.8. The van der Waals surface area contributed by atoms with E-state index in [1.54, 1.807) is 24.0 Å². The van der Waals surface area contributed by atoms with E-state index in [-0.39, 0.29) is 36.9 Å². The maximum Gasteiger partial charge on any atom is 0.312 e. The van der Waals surface area contributed by atoms with Crippen LogP contribution in [0.2, 0.25) is 0 Å². The maximum atomic E-state index is 14.8. The molecular weight excluding hydrogens is 586 g/mol. The monoisotopic (exact) mass is 635 g/mol. The lowest BCUT2D eigenvalue weighted by Crippen LogP contribution is -2.60. The minimum Gasteiger partial charge on any atom is -0.460 e. The van der Waals surface area contributed by atoms with Crippen LogP contribution in [0.4, 0.5) is 0 Å². The molecule has 0 aromatic heterocycles. The number of carbonyl (C=O) groups is 4. The van der Waals surface area contributed by atoms with Crippen molar-refractivity contribution in [1.82, 2.24) is 15.1 Å². The number of hydrogen-bond donors (Lipinski definition) is 2. The van der Waals surface area contributed by atoms with Crippen molar-refractivity contribution in [3.63, 3.8) is 0 Å². The van der Waals surface area contributed by atoms with E-state index in [4.69, 9.17) is 9.47 Å². The summed E-state index contributed by atoms with van der Waals surface area (Å²) in [7, 11) is 0. The van der Waals surface area contributed by atoms with Crippen LogP contribution < -0.4 is 5.32 Å². The number of nitrogens with zero attached hydrogens (tertiary/aromatic N) is 2. The van der Waals surface area contributed by atoms with Crippen LogP contribution in [0.5, 0.6) is 0 Å². The zero-order valence-electron chi connectivity index (χ0n) is 27.0. The zero-order chi connectivity index (χ0) is 32.8. The van der Waals surface area contributed by atoms with Crippen molar-refractivity contribution in [2.75, 3.05) is 19.7 Å². The number of carbonyl (C=O) groups excluding carboxylic acids is 4. The standard InChI is InChI=1S/C36H49N3O7/c1-4-6-17-29(41)37-22-24(3)45-35(44)30-28-18-19-36(46-28)31(30)33(42)39(27(23-40)21-25-13-9-7-10-14-25)32(36)34(43)38(20-5-2)26-15-11-8-12-16-26/h4-5,7,9-10,13-14,24,26-28,30-32,40H,1-2,6,8,11-12,15-23H2,3H3,(H,37,41)/t24-,27+,28+,30-,31-,32+,36-/m0/s1. The third kappa shape index (κ3) is 6.65. The third-order valence-electron chi connectivity index (χ3n) is 10.3. The van der Waals surface area contributed by atoms with Crippen LogP contribution in [0, 0.1) is 11.8 Å². The van der Waals surface area contributed by atoms with Crippen molar-refractivity contribution >= 4 is 23.7 Å².